The average Bonchev–Trinajstić information content (AvgIpc) is 1.83. The summed E-state index contributed by atoms with van der Waals surface area (Å²) in [5, 5.41) is 3.13. The van der Waals surface area contributed by atoms with Gasteiger partial charge in [-0.05, 0) is 18.8 Å². The van der Waals surface area contributed by atoms with Crippen molar-refractivity contribution in [3.8, 4) is 0 Å². The van der Waals surface area contributed by atoms with E-state index in [2.05, 4.69) is 25.7 Å². The highest BCUT2D eigenvalue weighted by Gasteiger charge is 2.39. The van der Waals surface area contributed by atoms with Crippen LogP contribution in [0.1, 0.15) is 26.7 Å². The molecular weight excluding hydrogens is 122 g/mol. The molecule has 0 saturated heterocycles. The predicted octanol–water partition coefficient (Wildman–Crippen LogP) is 2.16. The molecule has 58 valence electrons. The maximum Gasteiger partial charge on any atom is 0.00914 e. The lowest BCUT2D eigenvalue weighted by Crippen LogP contribution is -2.38. The molecule has 1 nitrogen and oxygen atoms in total. The van der Waals surface area contributed by atoms with E-state index in [1.807, 2.05) is 7.05 Å². The molecular formula is C9H17N. The van der Waals surface area contributed by atoms with Gasteiger partial charge in [-0.2, -0.15) is 0 Å². The van der Waals surface area contributed by atoms with Gasteiger partial charge in [-0.1, -0.05) is 20.4 Å². The van der Waals surface area contributed by atoms with Crippen LogP contribution in [0.2, 0.25) is 0 Å². The van der Waals surface area contributed by atoms with Crippen molar-refractivity contribution in [2.24, 2.45) is 11.3 Å². The molecule has 10 heavy (non-hydrogen) atoms. The molecule has 1 saturated carbocycles. The van der Waals surface area contributed by atoms with Gasteiger partial charge in [-0.3, -0.25) is 0 Å². The highest BCUT2D eigenvalue weighted by atomic mass is 14.9. The predicted molar refractivity (Wildman–Crippen MR) is 44.7 cm³/mol. The first-order valence-corrected chi connectivity index (χ1v) is 3.95. The third-order valence-corrected chi connectivity index (χ3v) is 2.63. The number of rotatable bonds is 2. The van der Waals surface area contributed by atoms with Crippen molar-refractivity contribution in [3.63, 3.8) is 0 Å². The smallest absolute Gasteiger partial charge is 0.00914 e. The van der Waals surface area contributed by atoms with E-state index in [4.69, 9.17) is 0 Å². The summed E-state index contributed by atoms with van der Waals surface area (Å²) < 4.78 is 0. The third-order valence-electron chi connectivity index (χ3n) is 2.63. The topological polar surface area (TPSA) is 12.0 Å². The number of allylic oxidation sites excluding steroid dienone is 1. The maximum absolute atomic E-state index is 3.99. The van der Waals surface area contributed by atoms with Crippen LogP contribution < -0.4 is 5.32 Å². The van der Waals surface area contributed by atoms with Crippen LogP contribution in [0, 0.1) is 11.3 Å². The molecule has 0 amide bonds. The molecule has 0 aromatic carbocycles. The van der Waals surface area contributed by atoms with Gasteiger partial charge < -0.3 is 5.32 Å². The SMILES string of the molecule is C=C(NC)C1(C)CC(C)C1. The molecule has 1 aliphatic carbocycles. The lowest BCUT2D eigenvalue weighted by atomic mass is 9.62. The van der Waals surface area contributed by atoms with Crippen LogP contribution in [0.15, 0.2) is 12.3 Å². The first-order chi connectivity index (χ1) is 4.58. The van der Waals surface area contributed by atoms with Crippen LogP contribution in [0.3, 0.4) is 0 Å². The van der Waals surface area contributed by atoms with E-state index in [0.29, 0.717) is 5.41 Å². The molecule has 0 aromatic heterocycles. The van der Waals surface area contributed by atoms with Crippen LogP contribution in [-0.2, 0) is 0 Å². The summed E-state index contributed by atoms with van der Waals surface area (Å²) in [5.41, 5.74) is 1.60. The molecule has 0 aliphatic heterocycles. The standard InChI is InChI=1S/C9H17N/c1-7-5-9(3,6-7)8(2)10-4/h7,10H,2,5-6H2,1,3-4H3. The summed E-state index contributed by atoms with van der Waals surface area (Å²) >= 11 is 0. The monoisotopic (exact) mass is 139 g/mol. The number of hydrogen-bond acceptors (Lipinski definition) is 1. The summed E-state index contributed by atoms with van der Waals surface area (Å²) in [6.45, 7) is 8.57. The molecule has 1 N–H and O–H groups in total. The van der Waals surface area contributed by atoms with E-state index in [1.54, 1.807) is 0 Å². The van der Waals surface area contributed by atoms with Crippen LogP contribution in [0.4, 0.5) is 0 Å². The quantitative estimate of drug-likeness (QED) is 0.618. The van der Waals surface area contributed by atoms with Crippen molar-refractivity contribution >= 4 is 0 Å². The van der Waals surface area contributed by atoms with Crippen molar-refractivity contribution in [2.45, 2.75) is 26.7 Å². The van der Waals surface area contributed by atoms with Crippen molar-refractivity contribution in [1.82, 2.24) is 5.32 Å². The van der Waals surface area contributed by atoms with Gasteiger partial charge in [-0.25, -0.2) is 0 Å². The fraction of sp³-hybridized carbons (Fsp3) is 0.778. The van der Waals surface area contributed by atoms with E-state index >= 15 is 0 Å². The summed E-state index contributed by atoms with van der Waals surface area (Å²) in [4.78, 5) is 0. The summed E-state index contributed by atoms with van der Waals surface area (Å²) in [6, 6.07) is 0. The summed E-state index contributed by atoms with van der Waals surface area (Å²) in [6.07, 6.45) is 2.60. The molecule has 0 bridgehead atoms. The zero-order chi connectivity index (χ0) is 7.78. The zero-order valence-electron chi connectivity index (χ0n) is 7.20. The van der Waals surface area contributed by atoms with E-state index in [0.717, 1.165) is 5.92 Å². The minimum atomic E-state index is 0.397. The molecule has 0 aromatic rings. The number of hydrogen-bond donors (Lipinski definition) is 1. The van der Waals surface area contributed by atoms with Crippen LogP contribution in [-0.4, -0.2) is 7.05 Å². The van der Waals surface area contributed by atoms with E-state index < -0.39 is 0 Å². The molecule has 0 radical (unpaired) electrons. The second-order valence-electron chi connectivity index (χ2n) is 3.80. The van der Waals surface area contributed by atoms with Gasteiger partial charge in [-0.15, -0.1) is 0 Å². The largest absolute Gasteiger partial charge is 0.391 e. The first kappa shape index (κ1) is 7.64. The fourth-order valence-corrected chi connectivity index (χ4v) is 2.03. The number of nitrogens with one attached hydrogen (secondary N) is 1. The average molecular weight is 139 g/mol. The summed E-state index contributed by atoms with van der Waals surface area (Å²) in [7, 11) is 1.95. The second-order valence-corrected chi connectivity index (χ2v) is 3.80. The molecule has 0 atom stereocenters. The van der Waals surface area contributed by atoms with Gasteiger partial charge in [0.05, 0.1) is 0 Å². The van der Waals surface area contributed by atoms with Crippen molar-refractivity contribution in [3.05, 3.63) is 12.3 Å². The van der Waals surface area contributed by atoms with Gasteiger partial charge in [0.2, 0.25) is 0 Å². The van der Waals surface area contributed by atoms with Crippen molar-refractivity contribution in [2.75, 3.05) is 7.05 Å². The van der Waals surface area contributed by atoms with Gasteiger partial charge in [0.15, 0.2) is 0 Å². The highest BCUT2D eigenvalue weighted by Crippen LogP contribution is 2.48. The van der Waals surface area contributed by atoms with E-state index in [9.17, 15) is 0 Å². The Morgan fingerprint density at radius 1 is 1.60 bits per heavy atom. The summed E-state index contributed by atoms with van der Waals surface area (Å²) in [5.74, 6) is 0.898. The zero-order valence-corrected chi connectivity index (χ0v) is 7.20. The molecule has 0 spiro atoms. The first-order valence-electron chi connectivity index (χ1n) is 3.95. The molecule has 1 fully saturated rings. The maximum atomic E-state index is 3.99. The van der Waals surface area contributed by atoms with Crippen LogP contribution >= 0.6 is 0 Å². The Balaban J connectivity index is 2.48. The van der Waals surface area contributed by atoms with Gasteiger partial charge in [0.1, 0.15) is 0 Å². The Bertz CT molecular complexity index is 143. The van der Waals surface area contributed by atoms with Gasteiger partial charge in [0.25, 0.3) is 0 Å². The normalized spacial score (nSPS) is 38.5. The molecule has 1 rings (SSSR count). The van der Waals surface area contributed by atoms with E-state index in [-0.39, 0.29) is 0 Å². The van der Waals surface area contributed by atoms with Crippen LogP contribution in [0.5, 0.6) is 0 Å². The van der Waals surface area contributed by atoms with E-state index in [1.165, 1.54) is 18.5 Å². The Morgan fingerprint density at radius 3 is 2.40 bits per heavy atom. The minimum Gasteiger partial charge on any atom is -0.391 e. The Morgan fingerprint density at radius 2 is 2.10 bits per heavy atom. The van der Waals surface area contributed by atoms with Crippen molar-refractivity contribution < 1.29 is 0 Å². The Labute approximate surface area is 63.5 Å². The van der Waals surface area contributed by atoms with Crippen LogP contribution in [0.25, 0.3) is 0 Å². The Kier molecular flexibility index (Phi) is 1.76. The Hall–Kier alpha value is -0.460. The lowest BCUT2D eigenvalue weighted by Gasteiger charge is -2.45. The third kappa shape index (κ3) is 1.05. The second kappa shape index (κ2) is 2.30. The molecule has 0 heterocycles. The lowest BCUT2D eigenvalue weighted by molar-refractivity contribution is 0.124. The fourth-order valence-electron chi connectivity index (χ4n) is 2.03. The minimum absolute atomic E-state index is 0.397. The van der Waals surface area contributed by atoms with Gasteiger partial charge >= 0.3 is 0 Å². The van der Waals surface area contributed by atoms with Gasteiger partial charge in [0, 0.05) is 18.2 Å². The van der Waals surface area contributed by atoms with Crippen molar-refractivity contribution in [1.29, 1.82) is 0 Å². The molecule has 0 unspecified atom stereocenters. The molecule has 1 aliphatic rings. The molecule has 1 heteroatoms. The highest BCUT2D eigenvalue weighted by molar-refractivity contribution is 5.11.